The first kappa shape index (κ1) is 13.0. The highest BCUT2D eigenvalue weighted by Gasteiger charge is 2.19. The summed E-state index contributed by atoms with van der Waals surface area (Å²) in [7, 11) is 5.72. The van der Waals surface area contributed by atoms with Crippen LogP contribution in [-0.4, -0.2) is 37.8 Å². The van der Waals surface area contributed by atoms with E-state index in [1.807, 2.05) is 26.2 Å². The van der Waals surface area contributed by atoms with Crippen LogP contribution in [0.25, 0.3) is 0 Å². The molecule has 16 heavy (non-hydrogen) atoms. The quantitative estimate of drug-likeness (QED) is 0.828. The molecule has 0 radical (unpaired) electrons. The highest BCUT2D eigenvalue weighted by molar-refractivity contribution is 5.42. The molecule has 0 aliphatic rings. The lowest BCUT2D eigenvalue weighted by molar-refractivity contribution is 0.207. The Morgan fingerprint density at radius 1 is 1.38 bits per heavy atom. The number of aliphatic hydroxyl groups is 1. The van der Waals surface area contributed by atoms with Crippen LogP contribution in [0.5, 0.6) is 5.75 Å². The minimum Gasteiger partial charge on any atom is -0.496 e. The second-order valence-electron chi connectivity index (χ2n) is 4.18. The third-order valence-corrected chi connectivity index (χ3v) is 2.86. The van der Waals surface area contributed by atoms with Crippen molar-refractivity contribution in [2.45, 2.75) is 19.4 Å². The number of rotatable bonds is 5. The van der Waals surface area contributed by atoms with Crippen molar-refractivity contribution in [2.75, 3.05) is 27.8 Å². The zero-order valence-corrected chi connectivity index (χ0v) is 10.5. The van der Waals surface area contributed by atoms with Crippen LogP contribution in [-0.2, 0) is 0 Å². The maximum absolute atomic E-state index is 9.13. The van der Waals surface area contributed by atoms with E-state index in [2.05, 4.69) is 17.9 Å². The van der Waals surface area contributed by atoms with Crippen molar-refractivity contribution in [3.05, 3.63) is 29.3 Å². The first-order valence-corrected chi connectivity index (χ1v) is 5.52. The fourth-order valence-corrected chi connectivity index (χ4v) is 2.04. The number of aliphatic hydroxyl groups excluding tert-OH is 1. The molecular formula is C13H21NO2. The molecule has 1 N–H and O–H groups in total. The largest absolute Gasteiger partial charge is 0.496 e. The van der Waals surface area contributed by atoms with Crippen molar-refractivity contribution in [1.82, 2.24) is 4.90 Å². The second-order valence-corrected chi connectivity index (χ2v) is 4.18. The van der Waals surface area contributed by atoms with Crippen LogP contribution in [0.1, 0.15) is 23.6 Å². The molecule has 0 aromatic heterocycles. The van der Waals surface area contributed by atoms with E-state index in [1.54, 1.807) is 7.11 Å². The van der Waals surface area contributed by atoms with Gasteiger partial charge in [-0.05, 0) is 39.1 Å². The molecule has 1 aromatic carbocycles. The van der Waals surface area contributed by atoms with Gasteiger partial charge in [0, 0.05) is 18.2 Å². The molecular weight excluding hydrogens is 202 g/mol. The van der Waals surface area contributed by atoms with Crippen molar-refractivity contribution >= 4 is 0 Å². The molecule has 0 spiro atoms. The minimum atomic E-state index is 0.181. The summed E-state index contributed by atoms with van der Waals surface area (Å²) >= 11 is 0. The number of nitrogens with zero attached hydrogens (tertiary/aromatic N) is 1. The Hall–Kier alpha value is -1.06. The zero-order valence-electron chi connectivity index (χ0n) is 10.5. The van der Waals surface area contributed by atoms with Gasteiger partial charge in [0.25, 0.3) is 0 Å². The molecule has 3 nitrogen and oxygen atoms in total. The van der Waals surface area contributed by atoms with Gasteiger partial charge >= 0.3 is 0 Å². The fourth-order valence-electron chi connectivity index (χ4n) is 2.04. The molecule has 0 fully saturated rings. The van der Waals surface area contributed by atoms with Gasteiger partial charge in [-0.1, -0.05) is 12.1 Å². The number of benzene rings is 1. The number of hydrogen-bond acceptors (Lipinski definition) is 3. The van der Waals surface area contributed by atoms with E-state index in [1.165, 1.54) is 11.1 Å². The average Bonchev–Trinajstić information content (AvgIpc) is 2.26. The molecule has 1 unspecified atom stereocenters. The molecule has 0 saturated carbocycles. The van der Waals surface area contributed by atoms with Gasteiger partial charge in [-0.15, -0.1) is 0 Å². The number of ether oxygens (including phenoxy) is 1. The predicted molar refractivity (Wildman–Crippen MR) is 65.9 cm³/mol. The first-order valence-electron chi connectivity index (χ1n) is 5.52. The Kier molecular flexibility index (Phi) is 4.77. The SMILES string of the molecule is COc1cccc(C)c1C(CCO)N(C)C. The lowest BCUT2D eigenvalue weighted by atomic mass is 9.97. The van der Waals surface area contributed by atoms with Crippen LogP contribution in [0.4, 0.5) is 0 Å². The molecule has 0 heterocycles. The summed E-state index contributed by atoms with van der Waals surface area (Å²) in [5.74, 6) is 0.896. The molecule has 1 aromatic rings. The first-order chi connectivity index (χ1) is 7.61. The summed E-state index contributed by atoms with van der Waals surface area (Å²) in [6, 6.07) is 6.23. The van der Waals surface area contributed by atoms with Crippen LogP contribution in [0.3, 0.4) is 0 Å². The second kappa shape index (κ2) is 5.87. The summed E-state index contributed by atoms with van der Waals surface area (Å²) in [5.41, 5.74) is 2.37. The van der Waals surface area contributed by atoms with E-state index in [0.717, 1.165) is 5.75 Å². The van der Waals surface area contributed by atoms with Gasteiger partial charge in [-0.3, -0.25) is 0 Å². The summed E-state index contributed by atoms with van der Waals surface area (Å²) in [6.45, 7) is 2.26. The Bertz CT molecular complexity index is 337. The molecule has 1 rings (SSSR count). The van der Waals surface area contributed by atoms with Gasteiger partial charge in [-0.25, -0.2) is 0 Å². The van der Waals surface area contributed by atoms with Gasteiger partial charge in [0.15, 0.2) is 0 Å². The van der Waals surface area contributed by atoms with Crippen LogP contribution in [0, 0.1) is 6.92 Å². The monoisotopic (exact) mass is 223 g/mol. The van der Waals surface area contributed by atoms with E-state index < -0.39 is 0 Å². The highest BCUT2D eigenvalue weighted by Crippen LogP contribution is 2.32. The van der Waals surface area contributed by atoms with Crippen LogP contribution >= 0.6 is 0 Å². The lowest BCUT2D eigenvalue weighted by Gasteiger charge is -2.27. The molecule has 0 bridgehead atoms. The smallest absolute Gasteiger partial charge is 0.123 e. The summed E-state index contributed by atoms with van der Waals surface area (Å²) in [6.07, 6.45) is 0.716. The molecule has 0 saturated heterocycles. The van der Waals surface area contributed by atoms with E-state index in [9.17, 15) is 0 Å². The molecule has 90 valence electrons. The van der Waals surface area contributed by atoms with Crippen LogP contribution in [0.15, 0.2) is 18.2 Å². The molecule has 0 aliphatic heterocycles. The van der Waals surface area contributed by atoms with E-state index in [4.69, 9.17) is 9.84 Å². The van der Waals surface area contributed by atoms with Crippen molar-refractivity contribution in [3.8, 4) is 5.75 Å². The van der Waals surface area contributed by atoms with Crippen molar-refractivity contribution in [3.63, 3.8) is 0 Å². The van der Waals surface area contributed by atoms with Crippen molar-refractivity contribution in [2.24, 2.45) is 0 Å². The Balaban J connectivity index is 3.16. The lowest BCUT2D eigenvalue weighted by Crippen LogP contribution is -2.22. The topological polar surface area (TPSA) is 32.7 Å². The van der Waals surface area contributed by atoms with Gasteiger partial charge < -0.3 is 14.7 Å². The normalized spacial score (nSPS) is 12.9. The predicted octanol–water partition coefficient (Wildman–Crippen LogP) is 1.99. The third-order valence-electron chi connectivity index (χ3n) is 2.86. The zero-order chi connectivity index (χ0) is 12.1. The maximum Gasteiger partial charge on any atom is 0.123 e. The summed E-state index contributed by atoms with van der Waals surface area (Å²) in [5, 5.41) is 9.13. The van der Waals surface area contributed by atoms with Gasteiger partial charge in [-0.2, -0.15) is 0 Å². The molecule has 3 heteroatoms. The minimum absolute atomic E-state index is 0.181. The van der Waals surface area contributed by atoms with Gasteiger partial charge in [0.1, 0.15) is 5.75 Å². The highest BCUT2D eigenvalue weighted by atomic mass is 16.5. The number of methoxy groups -OCH3 is 1. The maximum atomic E-state index is 9.13. The molecule has 0 amide bonds. The molecule has 1 atom stereocenters. The Labute approximate surface area is 97.7 Å². The summed E-state index contributed by atoms with van der Waals surface area (Å²) in [4.78, 5) is 2.11. The van der Waals surface area contributed by atoms with Gasteiger partial charge in [0.05, 0.1) is 7.11 Å². The van der Waals surface area contributed by atoms with Crippen LogP contribution in [0.2, 0.25) is 0 Å². The Morgan fingerprint density at radius 3 is 2.56 bits per heavy atom. The summed E-state index contributed by atoms with van der Waals surface area (Å²) < 4.78 is 5.40. The van der Waals surface area contributed by atoms with Gasteiger partial charge in [0.2, 0.25) is 0 Å². The number of aryl methyl sites for hydroxylation is 1. The fraction of sp³-hybridized carbons (Fsp3) is 0.538. The number of hydrogen-bond donors (Lipinski definition) is 1. The third kappa shape index (κ3) is 2.74. The average molecular weight is 223 g/mol. The molecule has 0 aliphatic carbocycles. The van der Waals surface area contributed by atoms with E-state index >= 15 is 0 Å². The Morgan fingerprint density at radius 2 is 2.06 bits per heavy atom. The van der Waals surface area contributed by atoms with E-state index in [-0.39, 0.29) is 12.6 Å². The van der Waals surface area contributed by atoms with Crippen molar-refractivity contribution in [1.29, 1.82) is 0 Å². The standard InChI is InChI=1S/C13H21NO2/c1-10-6-5-7-12(16-4)13(10)11(8-9-15)14(2)3/h5-7,11,15H,8-9H2,1-4H3. The van der Waals surface area contributed by atoms with Crippen molar-refractivity contribution < 1.29 is 9.84 Å². The van der Waals surface area contributed by atoms with Crippen LogP contribution < -0.4 is 4.74 Å². The van der Waals surface area contributed by atoms with E-state index in [0.29, 0.717) is 6.42 Å².